The van der Waals surface area contributed by atoms with Crippen LogP contribution in [0.5, 0.6) is 0 Å². The van der Waals surface area contributed by atoms with Crippen LogP contribution in [-0.2, 0) is 4.74 Å². The van der Waals surface area contributed by atoms with Crippen LogP contribution in [-0.4, -0.2) is 34.7 Å². The molecule has 1 aromatic heterocycles. The lowest BCUT2D eigenvalue weighted by Crippen LogP contribution is -2.35. The molecule has 6 heteroatoms. The summed E-state index contributed by atoms with van der Waals surface area (Å²) in [5, 5.41) is 0.759. The van der Waals surface area contributed by atoms with Gasteiger partial charge in [0.1, 0.15) is 10.8 Å². The van der Waals surface area contributed by atoms with Crippen LogP contribution in [0.25, 0.3) is 5.57 Å². The van der Waals surface area contributed by atoms with Gasteiger partial charge in [-0.3, -0.25) is 0 Å². The first-order valence-electron chi connectivity index (χ1n) is 7.25. The predicted octanol–water partition coefficient (Wildman–Crippen LogP) is 4.27. The van der Waals surface area contributed by atoms with Gasteiger partial charge in [-0.15, -0.1) is 0 Å². The molecule has 1 amide bonds. The Hall–Kier alpha value is -1.26. The van der Waals surface area contributed by atoms with Crippen LogP contribution in [0.2, 0.25) is 10.2 Å². The maximum Gasteiger partial charge on any atom is 0.410 e. The summed E-state index contributed by atoms with van der Waals surface area (Å²) in [6.07, 6.45) is 3.66. The number of carbonyl (C=O) groups is 1. The number of hydrogen-bond donors (Lipinski definition) is 0. The van der Waals surface area contributed by atoms with E-state index >= 15 is 0 Å². The van der Waals surface area contributed by atoms with Gasteiger partial charge in [-0.1, -0.05) is 29.3 Å². The smallest absolute Gasteiger partial charge is 0.410 e. The molecule has 1 aromatic rings. The third kappa shape index (κ3) is 2.95. The molecule has 0 spiro atoms. The number of halogens is 2. The van der Waals surface area contributed by atoms with E-state index in [0.29, 0.717) is 35.1 Å². The van der Waals surface area contributed by atoms with Crippen LogP contribution in [0, 0.1) is 11.8 Å². The van der Waals surface area contributed by atoms with Crippen LogP contribution >= 0.6 is 23.2 Å². The van der Waals surface area contributed by atoms with E-state index in [1.807, 2.05) is 26.8 Å². The molecule has 4 nitrogen and oxygen atoms in total. The van der Waals surface area contributed by atoms with Crippen molar-refractivity contribution in [1.82, 2.24) is 9.88 Å². The number of ether oxygens (including phenoxy) is 1. The molecule has 22 heavy (non-hydrogen) atoms. The fourth-order valence-electron chi connectivity index (χ4n) is 2.93. The quantitative estimate of drug-likeness (QED) is 0.717. The number of likely N-dealkylation sites (tertiary alicyclic amines) is 1. The van der Waals surface area contributed by atoms with E-state index < -0.39 is 5.60 Å². The highest BCUT2D eigenvalue weighted by Gasteiger charge is 2.43. The third-order valence-electron chi connectivity index (χ3n) is 3.94. The minimum absolute atomic E-state index is 0.248. The summed E-state index contributed by atoms with van der Waals surface area (Å²) < 4.78 is 5.43. The van der Waals surface area contributed by atoms with Crippen molar-refractivity contribution in [3.63, 3.8) is 0 Å². The van der Waals surface area contributed by atoms with Crippen molar-refractivity contribution in [2.45, 2.75) is 26.4 Å². The van der Waals surface area contributed by atoms with Crippen LogP contribution in [0.1, 0.15) is 26.3 Å². The number of fused-ring (bicyclic) bond motifs is 1. The van der Waals surface area contributed by atoms with E-state index in [0.717, 1.165) is 5.56 Å². The topological polar surface area (TPSA) is 42.4 Å². The van der Waals surface area contributed by atoms with Gasteiger partial charge in [0.2, 0.25) is 0 Å². The zero-order valence-electron chi connectivity index (χ0n) is 12.8. The number of aromatic nitrogens is 1. The molecule has 0 N–H and O–H groups in total. The highest BCUT2D eigenvalue weighted by atomic mass is 35.5. The highest BCUT2D eigenvalue weighted by molar-refractivity contribution is 6.41. The van der Waals surface area contributed by atoms with Gasteiger partial charge in [0.15, 0.2) is 0 Å². The lowest BCUT2D eigenvalue weighted by molar-refractivity contribution is 0.0289. The second kappa shape index (κ2) is 5.43. The van der Waals surface area contributed by atoms with E-state index in [1.165, 1.54) is 5.57 Å². The van der Waals surface area contributed by atoms with Gasteiger partial charge in [0.05, 0.1) is 5.02 Å². The van der Waals surface area contributed by atoms with E-state index in [-0.39, 0.29) is 6.09 Å². The zero-order chi connectivity index (χ0) is 16.1. The molecule has 0 radical (unpaired) electrons. The molecule has 0 bridgehead atoms. The molecule has 2 atom stereocenters. The number of pyridine rings is 1. The lowest BCUT2D eigenvalue weighted by Gasteiger charge is -2.29. The number of hydrogen-bond acceptors (Lipinski definition) is 3. The van der Waals surface area contributed by atoms with Crippen molar-refractivity contribution in [1.29, 1.82) is 0 Å². The third-order valence-corrected chi connectivity index (χ3v) is 4.63. The average Bonchev–Trinajstić information content (AvgIpc) is 2.70. The van der Waals surface area contributed by atoms with Gasteiger partial charge in [0.25, 0.3) is 0 Å². The summed E-state index contributed by atoms with van der Waals surface area (Å²) in [6, 6.07) is 1.83. The van der Waals surface area contributed by atoms with Crippen molar-refractivity contribution < 1.29 is 9.53 Å². The molecule has 1 fully saturated rings. The molecule has 1 aliphatic heterocycles. The summed E-state index contributed by atoms with van der Waals surface area (Å²) in [5.74, 6) is 0.712. The van der Waals surface area contributed by atoms with E-state index in [2.05, 4.69) is 11.1 Å². The highest BCUT2D eigenvalue weighted by Crippen LogP contribution is 2.45. The summed E-state index contributed by atoms with van der Waals surface area (Å²) >= 11 is 11.9. The van der Waals surface area contributed by atoms with Crippen molar-refractivity contribution in [3.8, 4) is 0 Å². The first-order chi connectivity index (χ1) is 10.2. The van der Waals surface area contributed by atoms with Crippen molar-refractivity contribution in [2.75, 3.05) is 13.1 Å². The Morgan fingerprint density at radius 1 is 1.36 bits per heavy atom. The maximum absolute atomic E-state index is 12.2. The monoisotopic (exact) mass is 340 g/mol. The maximum atomic E-state index is 12.2. The van der Waals surface area contributed by atoms with Crippen LogP contribution in [0.3, 0.4) is 0 Å². The van der Waals surface area contributed by atoms with E-state index in [1.54, 1.807) is 11.1 Å². The van der Waals surface area contributed by atoms with Gasteiger partial charge < -0.3 is 9.64 Å². The Morgan fingerprint density at radius 2 is 2.09 bits per heavy atom. The first-order valence-corrected chi connectivity index (χ1v) is 8.01. The molecular formula is C16H18Cl2N2O2. The summed E-state index contributed by atoms with van der Waals surface area (Å²) in [4.78, 5) is 18.0. The van der Waals surface area contributed by atoms with Crippen LogP contribution in [0.4, 0.5) is 4.79 Å². The van der Waals surface area contributed by atoms with Crippen molar-refractivity contribution in [3.05, 3.63) is 34.1 Å². The predicted molar refractivity (Wildman–Crippen MR) is 87.0 cm³/mol. The number of nitrogens with zero attached hydrogens (tertiary/aromatic N) is 2. The Kier molecular flexibility index (Phi) is 3.86. The van der Waals surface area contributed by atoms with Crippen LogP contribution < -0.4 is 0 Å². The molecule has 1 aliphatic carbocycles. The van der Waals surface area contributed by atoms with Crippen LogP contribution in [0.15, 0.2) is 18.3 Å². The largest absolute Gasteiger partial charge is 0.444 e. The molecule has 2 heterocycles. The van der Waals surface area contributed by atoms with Gasteiger partial charge >= 0.3 is 6.09 Å². The van der Waals surface area contributed by atoms with E-state index in [9.17, 15) is 4.79 Å². The molecule has 1 saturated heterocycles. The van der Waals surface area contributed by atoms with Gasteiger partial charge in [-0.2, -0.15) is 0 Å². The van der Waals surface area contributed by atoms with Gasteiger partial charge in [0, 0.05) is 31.1 Å². The second-order valence-corrected chi connectivity index (χ2v) is 7.54. The molecule has 2 aliphatic rings. The number of carbonyl (C=O) groups excluding carboxylic acids is 1. The fourth-order valence-corrected chi connectivity index (χ4v) is 3.20. The molecule has 0 aromatic carbocycles. The lowest BCUT2D eigenvalue weighted by atomic mass is 9.74. The molecule has 3 rings (SSSR count). The fraction of sp³-hybridized carbons (Fsp3) is 0.500. The molecule has 118 valence electrons. The Bertz CT molecular complexity index is 652. The summed E-state index contributed by atoms with van der Waals surface area (Å²) in [5.41, 5.74) is 1.69. The average molecular weight is 341 g/mol. The van der Waals surface area contributed by atoms with Gasteiger partial charge in [-0.05, 0) is 38.0 Å². The summed E-state index contributed by atoms with van der Waals surface area (Å²) in [6.45, 7) is 7.01. The normalized spacial score (nSPS) is 23.7. The van der Waals surface area contributed by atoms with Gasteiger partial charge in [-0.25, -0.2) is 9.78 Å². The minimum Gasteiger partial charge on any atom is -0.444 e. The first kappa shape index (κ1) is 15.6. The second-order valence-electron chi connectivity index (χ2n) is 6.77. The van der Waals surface area contributed by atoms with Crippen molar-refractivity contribution in [2.24, 2.45) is 11.8 Å². The Morgan fingerprint density at radius 3 is 2.73 bits per heavy atom. The zero-order valence-corrected chi connectivity index (χ0v) is 14.3. The van der Waals surface area contributed by atoms with E-state index in [4.69, 9.17) is 27.9 Å². The summed E-state index contributed by atoms with van der Waals surface area (Å²) in [7, 11) is 0. The molecular weight excluding hydrogens is 323 g/mol. The SMILES string of the molecule is CC(C)(C)OC(=O)N1C[C@@H]2C=C(c3cnc(Cl)c(Cl)c3)[C@@H]2C1. The Labute approximate surface area is 140 Å². The number of amides is 1. The number of rotatable bonds is 1. The van der Waals surface area contributed by atoms with Crippen molar-refractivity contribution >= 4 is 34.9 Å². The Balaban J connectivity index is 1.69. The standard InChI is InChI=1S/C16H18Cl2N2O2/c1-16(2,3)22-15(21)20-7-10-4-11(12(10)8-20)9-5-13(17)14(18)19-6-9/h4-6,10,12H,7-8H2,1-3H3/t10-,12+/m0/s1. The minimum atomic E-state index is -0.470. The molecule has 0 unspecified atom stereocenters. The molecule has 0 saturated carbocycles.